The molecule has 0 saturated heterocycles. The van der Waals surface area contributed by atoms with Gasteiger partial charge in [-0.3, -0.25) is 14.9 Å². The van der Waals surface area contributed by atoms with Crippen molar-refractivity contribution >= 4 is 35.1 Å². The van der Waals surface area contributed by atoms with Crippen LogP contribution in [0.4, 0.5) is 11.7 Å². The standard InChI is InChI=1S/C15H10ClN3O4/c16-9-3-1-4-10(7-9)17-13(20)11-8-23-15(18-11)19-14(21)12-5-2-6-22-12/h1-8H,(H,17,20)(H,18,19,21). The number of rotatable bonds is 4. The molecule has 116 valence electrons. The van der Waals surface area contributed by atoms with E-state index in [1.807, 2.05) is 0 Å². The molecule has 2 N–H and O–H groups in total. The third-order valence-corrected chi connectivity index (χ3v) is 3.02. The van der Waals surface area contributed by atoms with E-state index in [2.05, 4.69) is 15.6 Å². The van der Waals surface area contributed by atoms with E-state index in [4.69, 9.17) is 20.4 Å². The molecule has 0 atom stereocenters. The van der Waals surface area contributed by atoms with Crippen molar-refractivity contribution in [2.24, 2.45) is 0 Å². The molecule has 0 aliphatic rings. The van der Waals surface area contributed by atoms with E-state index in [0.717, 1.165) is 6.26 Å². The van der Waals surface area contributed by atoms with E-state index < -0.39 is 11.8 Å². The van der Waals surface area contributed by atoms with Gasteiger partial charge < -0.3 is 14.2 Å². The van der Waals surface area contributed by atoms with Gasteiger partial charge in [-0.1, -0.05) is 17.7 Å². The number of benzene rings is 1. The maximum absolute atomic E-state index is 12.0. The van der Waals surface area contributed by atoms with Gasteiger partial charge in [-0.2, -0.15) is 4.98 Å². The molecule has 0 aliphatic carbocycles. The van der Waals surface area contributed by atoms with Crippen LogP contribution in [0.3, 0.4) is 0 Å². The molecule has 0 bridgehead atoms. The molecule has 23 heavy (non-hydrogen) atoms. The summed E-state index contributed by atoms with van der Waals surface area (Å²) in [5.41, 5.74) is 0.534. The van der Waals surface area contributed by atoms with Crippen LogP contribution in [-0.2, 0) is 0 Å². The number of hydrogen-bond donors (Lipinski definition) is 2. The number of furan rings is 1. The van der Waals surface area contributed by atoms with Crippen LogP contribution >= 0.6 is 11.6 Å². The fourth-order valence-corrected chi connectivity index (χ4v) is 1.95. The topological polar surface area (TPSA) is 97.4 Å². The van der Waals surface area contributed by atoms with Gasteiger partial charge in [0.25, 0.3) is 11.8 Å². The van der Waals surface area contributed by atoms with E-state index in [1.54, 1.807) is 30.3 Å². The van der Waals surface area contributed by atoms with Crippen LogP contribution in [-0.4, -0.2) is 16.8 Å². The van der Waals surface area contributed by atoms with Gasteiger partial charge in [0.15, 0.2) is 11.5 Å². The summed E-state index contributed by atoms with van der Waals surface area (Å²) in [6, 6.07) is 9.63. The Morgan fingerprint density at radius 1 is 1.04 bits per heavy atom. The van der Waals surface area contributed by atoms with Gasteiger partial charge in [-0.05, 0) is 30.3 Å². The Morgan fingerprint density at radius 2 is 1.91 bits per heavy atom. The number of hydrogen-bond acceptors (Lipinski definition) is 5. The Balaban J connectivity index is 1.66. The van der Waals surface area contributed by atoms with Crippen LogP contribution < -0.4 is 10.6 Å². The third-order valence-electron chi connectivity index (χ3n) is 2.78. The zero-order valence-electron chi connectivity index (χ0n) is 11.6. The molecule has 2 heterocycles. The molecule has 0 spiro atoms. The summed E-state index contributed by atoms with van der Waals surface area (Å²) >= 11 is 5.84. The molecule has 0 aliphatic heterocycles. The van der Waals surface area contributed by atoms with Crippen LogP contribution in [0.1, 0.15) is 21.0 Å². The van der Waals surface area contributed by atoms with Gasteiger partial charge in [-0.15, -0.1) is 0 Å². The molecule has 3 aromatic rings. The molecular formula is C15H10ClN3O4. The van der Waals surface area contributed by atoms with Gasteiger partial charge in [0.2, 0.25) is 0 Å². The first kappa shape index (κ1) is 14.9. The summed E-state index contributed by atoms with van der Waals surface area (Å²) in [5, 5.41) is 5.49. The number of halogens is 1. The van der Waals surface area contributed by atoms with Crippen molar-refractivity contribution in [3.63, 3.8) is 0 Å². The van der Waals surface area contributed by atoms with Crippen LogP contribution in [0.5, 0.6) is 0 Å². The lowest BCUT2D eigenvalue weighted by Crippen LogP contribution is -2.14. The minimum absolute atomic E-state index is 0.0136. The maximum atomic E-state index is 12.0. The van der Waals surface area contributed by atoms with Crippen LogP contribution in [0.2, 0.25) is 5.02 Å². The van der Waals surface area contributed by atoms with Crippen LogP contribution in [0.15, 0.2) is 57.8 Å². The van der Waals surface area contributed by atoms with Crippen molar-refractivity contribution in [1.82, 2.24) is 4.98 Å². The maximum Gasteiger partial charge on any atom is 0.302 e. The van der Waals surface area contributed by atoms with Gasteiger partial charge >= 0.3 is 6.01 Å². The summed E-state index contributed by atoms with van der Waals surface area (Å²) in [5.74, 6) is -0.915. The highest BCUT2D eigenvalue weighted by atomic mass is 35.5. The monoisotopic (exact) mass is 331 g/mol. The quantitative estimate of drug-likeness (QED) is 0.763. The highest BCUT2D eigenvalue weighted by Crippen LogP contribution is 2.16. The summed E-state index contributed by atoms with van der Waals surface area (Å²) in [7, 11) is 0. The summed E-state index contributed by atoms with van der Waals surface area (Å²) in [6.45, 7) is 0. The number of aromatic nitrogens is 1. The Hall–Kier alpha value is -3.06. The Kier molecular flexibility index (Phi) is 4.11. The number of carbonyl (C=O) groups is 2. The minimum Gasteiger partial charge on any atom is -0.459 e. The van der Waals surface area contributed by atoms with E-state index in [-0.39, 0.29) is 17.5 Å². The lowest BCUT2D eigenvalue weighted by atomic mass is 10.3. The first-order valence-corrected chi connectivity index (χ1v) is 6.87. The fraction of sp³-hybridized carbons (Fsp3) is 0. The average molecular weight is 332 g/mol. The van der Waals surface area contributed by atoms with Crippen molar-refractivity contribution in [2.45, 2.75) is 0 Å². The molecule has 1 aromatic carbocycles. The molecule has 0 radical (unpaired) electrons. The second kappa shape index (κ2) is 6.37. The van der Waals surface area contributed by atoms with Crippen LogP contribution in [0.25, 0.3) is 0 Å². The molecule has 0 fully saturated rings. The lowest BCUT2D eigenvalue weighted by Gasteiger charge is -2.02. The van der Waals surface area contributed by atoms with Gasteiger partial charge in [-0.25, -0.2) is 0 Å². The van der Waals surface area contributed by atoms with Crippen molar-refractivity contribution < 1.29 is 18.4 Å². The zero-order chi connectivity index (χ0) is 16.2. The number of oxazole rings is 1. The SMILES string of the molecule is O=C(Nc1cccc(Cl)c1)c1coc(NC(=O)c2ccco2)n1. The van der Waals surface area contributed by atoms with Crippen molar-refractivity contribution in [1.29, 1.82) is 0 Å². The molecule has 3 rings (SSSR count). The first-order chi connectivity index (χ1) is 11.1. The van der Waals surface area contributed by atoms with E-state index >= 15 is 0 Å². The predicted octanol–water partition coefficient (Wildman–Crippen LogP) is 3.43. The molecule has 7 nitrogen and oxygen atoms in total. The Bertz CT molecular complexity index is 842. The highest BCUT2D eigenvalue weighted by Gasteiger charge is 2.16. The van der Waals surface area contributed by atoms with Gasteiger partial charge in [0.1, 0.15) is 6.26 Å². The smallest absolute Gasteiger partial charge is 0.302 e. The molecule has 8 heteroatoms. The minimum atomic E-state index is -0.529. The Morgan fingerprint density at radius 3 is 2.65 bits per heavy atom. The average Bonchev–Trinajstić information content (AvgIpc) is 3.18. The number of carbonyl (C=O) groups excluding carboxylic acids is 2. The summed E-state index contributed by atoms with van der Waals surface area (Å²) in [4.78, 5) is 27.7. The van der Waals surface area contributed by atoms with Crippen LogP contribution in [0, 0.1) is 0 Å². The van der Waals surface area contributed by atoms with Gasteiger partial charge in [0, 0.05) is 10.7 Å². The van der Waals surface area contributed by atoms with E-state index in [9.17, 15) is 9.59 Å². The highest BCUT2D eigenvalue weighted by molar-refractivity contribution is 6.30. The number of amides is 2. The molecule has 2 amide bonds. The van der Waals surface area contributed by atoms with Crippen molar-refractivity contribution in [3.8, 4) is 0 Å². The predicted molar refractivity (Wildman–Crippen MR) is 82.6 cm³/mol. The number of nitrogens with zero attached hydrogens (tertiary/aromatic N) is 1. The number of anilines is 2. The first-order valence-electron chi connectivity index (χ1n) is 6.49. The van der Waals surface area contributed by atoms with Crippen molar-refractivity contribution in [2.75, 3.05) is 10.6 Å². The second-order valence-corrected chi connectivity index (χ2v) is 4.87. The third kappa shape index (κ3) is 3.58. The largest absolute Gasteiger partial charge is 0.459 e. The normalized spacial score (nSPS) is 10.3. The number of nitrogens with one attached hydrogen (secondary N) is 2. The summed E-state index contributed by atoms with van der Waals surface area (Å²) < 4.78 is 9.98. The van der Waals surface area contributed by atoms with E-state index in [0.29, 0.717) is 10.7 Å². The lowest BCUT2D eigenvalue weighted by molar-refractivity contribution is 0.0990. The van der Waals surface area contributed by atoms with Crippen molar-refractivity contribution in [3.05, 3.63) is 65.4 Å². The van der Waals surface area contributed by atoms with Gasteiger partial charge in [0.05, 0.1) is 6.26 Å². The fourth-order valence-electron chi connectivity index (χ4n) is 1.76. The molecule has 0 saturated carbocycles. The second-order valence-electron chi connectivity index (χ2n) is 4.43. The zero-order valence-corrected chi connectivity index (χ0v) is 12.3. The molecular weight excluding hydrogens is 322 g/mol. The Labute approximate surface area is 135 Å². The molecule has 0 unspecified atom stereocenters. The molecule has 2 aromatic heterocycles. The summed E-state index contributed by atoms with van der Waals surface area (Å²) in [6.07, 6.45) is 2.51. The van der Waals surface area contributed by atoms with E-state index in [1.165, 1.54) is 12.3 Å².